The second kappa shape index (κ2) is 10.5. The summed E-state index contributed by atoms with van der Waals surface area (Å²) in [6, 6.07) is 8.11. The number of hydrogen-bond donors (Lipinski definition) is 1. The SMILES string of the molecule is O=C(CN1CCN(C(=O)c2cc(OCC(F)(F)F)ccc2[N+](=O)[O-])CC1)Nc1ccc(F)cc1. The van der Waals surface area contributed by atoms with Gasteiger partial charge in [0, 0.05) is 37.9 Å². The molecular formula is C21H20F4N4O5. The van der Waals surface area contributed by atoms with Crippen LogP contribution in [0.1, 0.15) is 10.4 Å². The molecule has 3 rings (SSSR count). The first-order valence-electron chi connectivity index (χ1n) is 10.1. The maximum absolute atomic E-state index is 13.0. The molecule has 2 aromatic carbocycles. The molecule has 13 heteroatoms. The van der Waals surface area contributed by atoms with Crippen molar-refractivity contribution in [3.05, 3.63) is 64.0 Å². The van der Waals surface area contributed by atoms with Crippen molar-refractivity contribution in [1.82, 2.24) is 9.80 Å². The lowest BCUT2D eigenvalue weighted by Gasteiger charge is -2.34. The molecule has 1 aliphatic rings. The van der Waals surface area contributed by atoms with E-state index in [-0.39, 0.29) is 36.9 Å². The molecule has 182 valence electrons. The molecule has 1 heterocycles. The molecule has 34 heavy (non-hydrogen) atoms. The van der Waals surface area contributed by atoms with Crippen LogP contribution in [0.3, 0.4) is 0 Å². The Labute approximate surface area is 191 Å². The smallest absolute Gasteiger partial charge is 0.422 e. The van der Waals surface area contributed by atoms with Gasteiger partial charge in [0.15, 0.2) is 6.61 Å². The number of benzene rings is 2. The van der Waals surface area contributed by atoms with E-state index in [0.717, 1.165) is 18.2 Å². The number of carbonyl (C=O) groups is 2. The lowest BCUT2D eigenvalue weighted by atomic mass is 10.1. The number of anilines is 1. The van der Waals surface area contributed by atoms with Crippen molar-refractivity contribution in [2.24, 2.45) is 0 Å². The molecule has 0 atom stereocenters. The Bertz CT molecular complexity index is 1050. The topological polar surface area (TPSA) is 105 Å². The maximum Gasteiger partial charge on any atom is 0.422 e. The van der Waals surface area contributed by atoms with Crippen LogP contribution < -0.4 is 10.1 Å². The van der Waals surface area contributed by atoms with E-state index >= 15 is 0 Å². The van der Waals surface area contributed by atoms with Gasteiger partial charge in [0.05, 0.1) is 11.5 Å². The third-order valence-electron chi connectivity index (χ3n) is 4.95. The fraction of sp³-hybridized carbons (Fsp3) is 0.333. The summed E-state index contributed by atoms with van der Waals surface area (Å²) in [4.78, 5) is 38.7. The van der Waals surface area contributed by atoms with E-state index in [4.69, 9.17) is 0 Å². The van der Waals surface area contributed by atoms with Gasteiger partial charge in [-0.15, -0.1) is 0 Å². The molecule has 0 spiro atoms. The summed E-state index contributed by atoms with van der Waals surface area (Å²) in [5.41, 5.74) is -0.502. The maximum atomic E-state index is 13.0. The fourth-order valence-electron chi connectivity index (χ4n) is 3.32. The second-order valence-electron chi connectivity index (χ2n) is 7.46. The predicted octanol–water partition coefficient (Wildman–Crippen LogP) is 3.07. The van der Waals surface area contributed by atoms with Crippen molar-refractivity contribution in [2.45, 2.75) is 6.18 Å². The first-order chi connectivity index (χ1) is 16.0. The number of nitro groups is 1. The zero-order valence-electron chi connectivity index (χ0n) is 17.7. The highest BCUT2D eigenvalue weighted by Gasteiger charge is 2.31. The number of halogens is 4. The number of alkyl halides is 3. The molecule has 2 amide bonds. The van der Waals surface area contributed by atoms with E-state index in [1.807, 2.05) is 0 Å². The summed E-state index contributed by atoms with van der Waals surface area (Å²) < 4.78 is 54.8. The van der Waals surface area contributed by atoms with Crippen molar-refractivity contribution in [1.29, 1.82) is 0 Å². The fourth-order valence-corrected chi connectivity index (χ4v) is 3.32. The Kier molecular flexibility index (Phi) is 7.66. The van der Waals surface area contributed by atoms with Gasteiger partial charge in [-0.25, -0.2) is 4.39 Å². The number of nitrogens with one attached hydrogen (secondary N) is 1. The minimum atomic E-state index is -4.61. The van der Waals surface area contributed by atoms with Gasteiger partial charge in [0.25, 0.3) is 11.6 Å². The van der Waals surface area contributed by atoms with Crippen molar-refractivity contribution < 1.29 is 36.8 Å². The molecule has 0 radical (unpaired) electrons. The molecule has 0 aliphatic carbocycles. The van der Waals surface area contributed by atoms with Gasteiger partial charge in [-0.1, -0.05) is 0 Å². The molecule has 0 bridgehead atoms. The molecule has 0 saturated carbocycles. The van der Waals surface area contributed by atoms with Gasteiger partial charge in [-0.05, 0) is 36.4 Å². The van der Waals surface area contributed by atoms with Crippen LogP contribution in [0.15, 0.2) is 42.5 Å². The largest absolute Gasteiger partial charge is 0.484 e. The highest BCUT2D eigenvalue weighted by atomic mass is 19.4. The van der Waals surface area contributed by atoms with Crippen molar-refractivity contribution in [3.63, 3.8) is 0 Å². The molecule has 1 N–H and O–H groups in total. The van der Waals surface area contributed by atoms with Crippen LogP contribution >= 0.6 is 0 Å². The van der Waals surface area contributed by atoms with Crippen LogP contribution in [0.2, 0.25) is 0 Å². The minimum absolute atomic E-state index is 0.0142. The van der Waals surface area contributed by atoms with E-state index in [1.165, 1.54) is 29.2 Å². The highest BCUT2D eigenvalue weighted by Crippen LogP contribution is 2.27. The minimum Gasteiger partial charge on any atom is -0.484 e. The highest BCUT2D eigenvalue weighted by molar-refractivity contribution is 5.98. The van der Waals surface area contributed by atoms with Gasteiger partial charge >= 0.3 is 6.18 Å². The number of amides is 2. The van der Waals surface area contributed by atoms with Crippen LogP contribution in [-0.4, -0.2) is 72.0 Å². The van der Waals surface area contributed by atoms with E-state index in [2.05, 4.69) is 10.1 Å². The standard InChI is InChI=1S/C21H20F4N4O5/c22-14-1-3-15(4-2-14)26-19(30)12-27-7-9-28(10-8-27)20(31)17-11-16(34-13-21(23,24)25)5-6-18(17)29(32)33/h1-6,11H,7-10,12-13H2,(H,26,30). The Morgan fingerprint density at radius 2 is 1.71 bits per heavy atom. The summed E-state index contributed by atoms with van der Waals surface area (Å²) in [6.07, 6.45) is -4.61. The second-order valence-corrected chi connectivity index (χ2v) is 7.46. The number of nitrogens with zero attached hydrogens (tertiary/aromatic N) is 3. The molecule has 0 aromatic heterocycles. The first kappa shape index (κ1) is 24.9. The normalized spacial score (nSPS) is 14.5. The number of carbonyl (C=O) groups excluding carboxylic acids is 2. The summed E-state index contributed by atoms with van der Waals surface area (Å²) in [5, 5.41) is 13.9. The van der Waals surface area contributed by atoms with Gasteiger partial charge < -0.3 is 15.0 Å². The Morgan fingerprint density at radius 3 is 2.29 bits per heavy atom. The molecular weight excluding hydrogens is 464 g/mol. The lowest BCUT2D eigenvalue weighted by Crippen LogP contribution is -2.50. The Hall–Kier alpha value is -3.74. The molecule has 1 aliphatic heterocycles. The number of hydrogen-bond acceptors (Lipinski definition) is 6. The molecule has 1 saturated heterocycles. The van der Waals surface area contributed by atoms with Crippen LogP contribution in [-0.2, 0) is 4.79 Å². The summed E-state index contributed by atoms with van der Waals surface area (Å²) >= 11 is 0. The number of ether oxygens (including phenoxy) is 1. The molecule has 0 unspecified atom stereocenters. The van der Waals surface area contributed by atoms with Crippen molar-refractivity contribution >= 4 is 23.2 Å². The van der Waals surface area contributed by atoms with E-state index in [1.54, 1.807) is 4.90 Å². The van der Waals surface area contributed by atoms with Gasteiger partial charge in [-0.3, -0.25) is 24.6 Å². The first-order valence-corrected chi connectivity index (χ1v) is 10.1. The summed E-state index contributed by atoms with van der Waals surface area (Å²) in [7, 11) is 0. The third-order valence-corrected chi connectivity index (χ3v) is 4.95. The summed E-state index contributed by atoms with van der Waals surface area (Å²) in [6.45, 7) is -0.709. The van der Waals surface area contributed by atoms with Crippen LogP contribution in [0.25, 0.3) is 0 Å². The number of nitro benzene ring substituents is 1. The van der Waals surface area contributed by atoms with Gasteiger partial charge in [0.2, 0.25) is 5.91 Å². The third kappa shape index (κ3) is 6.88. The zero-order chi connectivity index (χ0) is 24.9. The quantitative estimate of drug-likeness (QED) is 0.368. The van der Waals surface area contributed by atoms with Crippen LogP contribution in [0.5, 0.6) is 5.75 Å². The van der Waals surface area contributed by atoms with E-state index in [9.17, 15) is 37.3 Å². The number of rotatable bonds is 7. The Morgan fingerprint density at radius 1 is 1.06 bits per heavy atom. The molecule has 1 fully saturated rings. The Balaban J connectivity index is 1.60. The summed E-state index contributed by atoms with van der Waals surface area (Å²) in [5.74, 6) is -1.81. The average Bonchev–Trinajstić information content (AvgIpc) is 2.78. The van der Waals surface area contributed by atoms with Crippen LogP contribution in [0.4, 0.5) is 28.9 Å². The van der Waals surface area contributed by atoms with Gasteiger partial charge in [0.1, 0.15) is 17.1 Å². The van der Waals surface area contributed by atoms with E-state index < -0.39 is 35.1 Å². The van der Waals surface area contributed by atoms with Crippen LogP contribution in [0, 0.1) is 15.9 Å². The monoisotopic (exact) mass is 484 g/mol. The van der Waals surface area contributed by atoms with Crippen molar-refractivity contribution in [3.8, 4) is 5.75 Å². The zero-order valence-corrected chi connectivity index (χ0v) is 17.7. The molecule has 9 nitrogen and oxygen atoms in total. The molecule has 2 aromatic rings. The van der Waals surface area contributed by atoms with E-state index in [0.29, 0.717) is 18.8 Å². The predicted molar refractivity (Wildman–Crippen MR) is 112 cm³/mol. The average molecular weight is 484 g/mol. The van der Waals surface area contributed by atoms with Crippen molar-refractivity contribution in [2.75, 3.05) is 44.6 Å². The lowest BCUT2D eigenvalue weighted by molar-refractivity contribution is -0.385. The number of piperazine rings is 1. The van der Waals surface area contributed by atoms with Gasteiger partial charge in [-0.2, -0.15) is 13.2 Å².